The molecule has 1 amide bonds. The lowest BCUT2D eigenvalue weighted by Crippen LogP contribution is -2.51. The van der Waals surface area contributed by atoms with Crippen LogP contribution in [-0.4, -0.2) is 53.0 Å². The summed E-state index contributed by atoms with van der Waals surface area (Å²) in [5, 5.41) is 2.84. The van der Waals surface area contributed by atoms with Gasteiger partial charge in [0.25, 0.3) is 0 Å². The van der Waals surface area contributed by atoms with Crippen LogP contribution in [0.5, 0.6) is 0 Å². The topological polar surface area (TPSA) is 58.6 Å². The van der Waals surface area contributed by atoms with Crippen LogP contribution in [0, 0.1) is 5.82 Å². The van der Waals surface area contributed by atoms with Crippen LogP contribution in [0.4, 0.5) is 10.1 Å². The van der Waals surface area contributed by atoms with Crippen molar-refractivity contribution >= 4 is 40.9 Å². The molecule has 0 aliphatic carbocycles. The lowest BCUT2D eigenvalue weighted by molar-refractivity contribution is -0.160. The van der Waals surface area contributed by atoms with Gasteiger partial charge in [-0.2, -0.15) is 11.8 Å². The number of halogens is 2. The van der Waals surface area contributed by atoms with Crippen molar-refractivity contribution in [1.82, 2.24) is 4.90 Å². The molecule has 2 rings (SSSR count). The Morgan fingerprint density at radius 2 is 2.16 bits per heavy atom. The summed E-state index contributed by atoms with van der Waals surface area (Å²) >= 11 is 7.47. The zero-order valence-electron chi connectivity index (χ0n) is 14.5. The number of esters is 1. The van der Waals surface area contributed by atoms with E-state index in [9.17, 15) is 14.0 Å². The second kappa shape index (κ2) is 8.38. The number of hydrogen-bond acceptors (Lipinski definition) is 5. The van der Waals surface area contributed by atoms with E-state index < -0.39 is 23.4 Å². The number of benzene rings is 1. The van der Waals surface area contributed by atoms with E-state index in [-0.39, 0.29) is 18.2 Å². The maximum absolute atomic E-state index is 13.7. The lowest BCUT2D eigenvalue weighted by atomic mass is 10.2. The Morgan fingerprint density at radius 3 is 2.84 bits per heavy atom. The minimum atomic E-state index is -0.586. The Labute approximate surface area is 156 Å². The van der Waals surface area contributed by atoms with Gasteiger partial charge in [0, 0.05) is 23.1 Å². The zero-order valence-corrected chi connectivity index (χ0v) is 16.0. The van der Waals surface area contributed by atoms with E-state index in [0.29, 0.717) is 17.3 Å². The Hall–Kier alpha value is -1.31. The molecule has 1 aromatic carbocycles. The fourth-order valence-corrected chi connectivity index (χ4v) is 3.65. The fraction of sp³-hybridized carbons (Fsp3) is 0.529. The Kier molecular flexibility index (Phi) is 6.71. The fourth-order valence-electron chi connectivity index (χ4n) is 2.38. The smallest absolute Gasteiger partial charge is 0.324 e. The minimum absolute atomic E-state index is 0.0174. The number of anilines is 1. The summed E-state index contributed by atoms with van der Waals surface area (Å²) in [6.07, 6.45) is 0. The number of ether oxygens (including phenoxy) is 1. The van der Waals surface area contributed by atoms with Gasteiger partial charge in [-0.15, -0.1) is 0 Å². The quantitative estimate of drug-likeness (QED) is 0.803. The van der Waals surface area contributed by atoms with E-state index in [2.05, 4.69) is 5.32 Å². The van der Waals surface area contributed by atoms with E-state index in [4.69, 9.17) is 16.3 Å². The molecular formula is C17H22ClFN2O3S. The van der Waals surface area contributed by atoms with Gasteiger partial charge in [0.2, 0.25) is 5.91 Å². The molecule has 1 aliphatic rings. The van der Waals surface area contributed by atoms with Crippen LogP contribution < -0.4 is 5.32 Å². The van der Waals surface area contributed by atoms with Gasteiger partial charge in [0.1, 0.15) is 17.5 Å². The first-order valence-corrected chi connectivity index (χ1v) is 9.48. The van der Waals surface area contributed by atoms with Crippen molar-refractivity contribution in [3.05, 3.63) is 29.0 Å². The molecule has 0 spiro atoms. The van der Waals surface area contributed by atoms with Crippen LogP contribution in [0.25, 0.3) is 0 Å². The molecule has 25 heavy (non-hydrogen) atoms. The summed E-state index contributed by atoms with van der Waals surface area (Å²) in [6, 6.07) is 3.46. The van der Waals surface area contributed by atoms with E-state index in [1.807, 2.05) is 0 Å². The number of rotatable bonds is 4. The molecule has 1 saturated heterocycles. The molecule has 0 saturated carbocycles. The first kappa shape index (κ1) is 20.0. The maximum Gasteiger partial charge on any atom is 0.324 e. The molecule has 138 valence electrons. The number of hydrogen-bond donors (Lipinski definition) is 1. The molecule has 1 atom stereocenters. The highest BCUT2D eigenvalue weighted by atomic mass is 35.5. The molecule has 5 nitrogen and oxygen atoms in total. The largest absolute Gasteiger partial charge is 0.459 e. The molecule has 1 N–H and O–H groups in total. The molecule has 8 heteroatoms. The van der Waals surface area contributed by atoms with Crippen LogP contribution in [0.15, 0.2) is 18.2 Å². The van der Waals surface area contributed by atoms with E-state index in [1.54, 1.807) is 37.4 Å². The molecule has 1 aliphatic heterocycles. The van der Waals surface area contributed by atoms with E-state index >= 15 is 0 Å². The highest BCUT2D eigenvalue weighted by Gasteiger charge is 2.33. The summed E-state index contributed by atoms with van der Waals surface area (Å²) in [6.45, 7) is 5.98. The predicted molar refractivity (Wildman–Crippen MR) is 98.6 cm³/mol. The average Bonchev–Trinajstić information content (AvgIpc) is 2.49. The second-order valence-electron chi connectivity index (χ2n) is 6.77. The first-order valence-electron chi connectivity index (χ1n) is 7.95. The zero-order chi connectivity index (χ0) is 18.6. The molecule has 0 aromatic heterocycles. The van der Waals surface area contributed by atoms with Crippen molar-refractivity contribution in [2.24, 2.45) is 0 Å². The van der Waals surface area contributed by atoms with Gasteiger partial charge in [0.05, 0.1) is 12.2 Å². The maximum atomic E-state index is 13.7. The number of carbonyl (C=O) groups excluding carboxylic acids is 2. The van der Waals surface area contributed by atoms with Crippen LogP contribution >= 0.6 is 23.4 Å². The lowest BCUT2D eigenvalue weighted by Gasteiger charge is -2.34. The molecule has 1 heterocycles. The van der Waals surface area contributed by atoms with Crippen molar-refractivity contribution in [2.75, 3.05) is 29.9 Å². The number of nitrogens with one attached hydrogen (secondary N) is 1. The first-order chi connectivity index (χ1) is 11.7. The number of thioether (sulfide) groups is 1. The van der Waals surface area contributed by atoms with Gasteiger partial charge in [-0.25, -0.2) is 4.39 Å². The summed E-state index contributed by atoms with van der Waals surface area (Å²) in [5.74, 6) is 0.0740. The van der Waals surface area contributed by atoms with Crippen LogP contribution in [-0.2, 0) is 14.3 Å². The number of nitrogens with zero attached hydrogens (tertiary/aromatic N) is 1. The SMILES string of the molecule is CC(C)(C)OC(=O)C1CSCCN1CC(=O)Nc1cc(Cl)ccc1F. The highest BCUT2D eigenvalue weighted by molar-refractivity contribution is 7.99. The Morgan fingerprint density at radius 1 is 1.44 bits per heavy atom. The third kappa shape index (κ3) is 6.17. The standard InChI is InChI=1S/C17H22ClFN2O3S/c1-17(2,3)24-16(23)14-10-25-7-6-21(14)9-15(22)20-13-8-11(18)4-5-12(13)19/h4-5,8,14H,6-7,9-10H2,1-3H3,(H,20,22). The molecule has 0 bridgehead atoms. The third-order valence-corrected chi connectivity index (χ3v) is 4.73. The molecule has 0 radical (unpaired) electrons. The summed E-state index contributed by atoms with van der Waals surface area (Å²) in [7, 11) is 0. The highest BCUT2D eigenvalue weighted by Crippen LogP contribution is 2.22. The van der Waals surface area contributed by atoms with Gasteiger partial charge in [-0.3, -0.25) is 14.5 Å². The molecule has 1 fully saturated rings. The van der Waals surface area contributed by atoms with Crippen molar-refractivity contribution in [3.8, 4) is 0 Å². The van der Waals surface area contributed by atoms with Crippen LogP contribution in [0.1, 0.15) is 20.8 Å². The molecule has 1 unspecified atom stereocenters. The average molecular weight is 389 g/mol. The van der Waals surface area contributed by atoms with Crippen molar-refractivity contribution < 1.29 is 18.7 Å². The van der Waals surface area contributed by atoms with Gasteiger partial charge >= 0.3 is 5.97 Å². The Balaban J connectivity index is 2.01. The number of carbonyl (C=O) groups is 2. The summed E-state index contributed by atoms with van der Waals surface area (Å²) in [5.41, 5.74) is -0.561. The predicted octanol–water partition coefficient (Wildman–Crippen LogP) is 3.18. The van der Waals surface area contributed by atoms with Gasteiger partial charge < -0.3 is 10.1 Å². The van der Waals surface area contributed by atoms with Crippen molar-refractivity contribution in [3.63, 3.8) is 0 Å². The monoisotopic (exact) mass is 388 g/mol. The summed E-state index contributed by atoms with van der Waals surface area (Å²) < 4.78 is 19.2. The normalized spacial score (nSPS) is 18.7. The third-order valence-electron chi connectivity index (χ3n) is 3.47. The Bertz CT molecular complexity index is 651. The summed E-state index contributed by atoms with van der Waals surface area (Å²) in [4.78, 5) is 26.4. The minimum Gasteiger partial charge on any atom is -0.459 e. The molecule has 1 aromatic rings. The van der Waals surface area contributed by atoms with Gasteiger partial charge in [-0.05, 0) is 39.0 Å². The van der Waals surface area contributed by atoms with Crippen LogP contribution in [0.3, 0.4) is 0 Å². The second-order valence-corrected chi connectivity index (χ2v) is 8.35. The van der Waals surface area contributed by atoms with Crippen LogP contribution in [0.2, 0.25) is 5.02 Å². The van der Waals surface area contributed by atoms with Gasteiger partial charge in [-0.1, -0.05) is 11.6 Å². The van der Waals surface area contributed by atoms with Crippen molar-refractivity contribution in [2.45, 2.75) is 32.4 Å². The van der Waals surface area contributed by atoms with E-state index in [0.717, 1.165) is 5.75 Å². The van der Waals surface area contributed by atoms with Gasteiger partial charge in [0.15, 0.2) is 0 Å². The molecular weight excluding hydrogens is 367 g/mol. The number of amides is 1. The van der Waals surface area contributed by atoms with E-state index in [1.165, 1.54) is 18.2 Å². The van der Waals surface area contributed by atoms with Crippen molar-refractivity contribution in [1.29, 1.82) is 0 Å².